The van der Waals surface area contributed by atoms with Gasteiger partial charge in [-0.15, -0.1) is 0 Å². The fourth-order valence-corrected chi connectivity index (χ4v) is 3.00. The van der Waals surface area contributed by atoms with Crippen molar-refractivity contribution in [2.24, 2.45) is 0 Å². The molecule has 0 aromatic rings. The van der Waals surface area contributed by atoms with Crippen LogP contribution in [-0.4, -0.2) is 16.4 Å². The number of rotatable bonds is 14. The van der Waals surface area contributed by atoms with Gasteiger partial charge >= 0.3 is 114 Å². The van der Waals surface area contributed by atoms with Crippen molar-refractivity contribution in [2.75, 3.05) is 6.61 Å². The monoisotopic (exact) mass is 348 g/mol. The van der Waals surface area contributed by atoms with E-state index in [0.29, 0.717) is 0 Å². The molecule has 0 spiro atoms. The maximum atomic E-state index is 9.05. The van der Waals surface area contributed by atoms with Crippen molar-refractivity contribution in [3.05, 3.63) is 0 Å². The van der Waals surface area contributed by atoms with Gasteiger partial charge in [-0.25, -0.2) is 0 Å². The molecule has 124 valence electrons. The van der Waals surface area contributed by atoms with Gasteiger partial charge < -0.3 is 0 Å². The van der Waals surface area contributed by atoms with Crippen molar-refractivity contribution in [1.82, 2.24) is 0 Å². The normalized spacial score (nSPS) is 14.2. The first kappa shape index (κ1) is 20.9. The summed E-state index contributed by atoms with van der Waals surface area (Å²) in [5.41, 5.74) is 0. The van der Waals surface area contributed by atoms with Crippen LogP contribution in [0.1, 0.15) is 84.0 Å². The van der Waals surface area contributed by atoms with E-state index in [1.165, 1.54) is 57.8 Å². The fourth-order valence-electron chi connectivity index (χ4n) is 2.16. The van der Waals surface area contributed by atoms with Crippen LogP contribution in [0.2, 0.25) is 0 Å². The Labute approximate surface area is 133 Å². The summed E-state index contributed by atoms with van der Waals surface area (Å²) in [5.74, 6) is -4.77. The molecule has 0 aliphatic rings. The standard InChI is InChI=1S/C14H31Cl2O3P/c1-2-3-4-5-6-7-8-9-10-11-12-13-14-19-20(15,16,17)18/h17-18H,2-14H2,1H3. The van der Waals surface area contributed by atoms with Gasteiger partial charge in [-0.3, -0.25) is 0 Å². The topological polar surface area (TPSA) is 49.7 Å². The molecule has 0 saturated heterocycles. The molecule has 0 heterocycles. The molecular weight excluding hydrogens is 318 g/mol. The van der Waals surface area contributed by atoms with E-state index in [1.54, 1.807) is 0 Å². The molecule has 2 N–H and O–H groups in total. The average Bonchev–Trinajstić information content (AvgIpc) is 2.33. The van der Waals surface area contributed by atoms with Gasteiger partial charge in [-0.05, 0) is 0 Å². The molecule has 0 rings (SSSR count). The molecule has 20 heavy (non-hydrogen) atoms. The van der Waals surface area contributed by atoms with Crippen LogP contribution in [0.5, 0.6) is 0 Å². The van der Waals surface area contributed by atoms with E-state index in [2.05, 4.69) is 11.4 Å². The molecule has 3 nitrogen and oxygen atoms in total. The van der Waals surface area contributed by atoms with Crippen LogP contribution >= 0.6 is 28.5 Å². The van der Waals surface area contributed by atoms with Gasteiger partial charge in [0.25, 0.3) is 0 Å². The molecule has 0 aliphatic heterocycles. The van der Waals surface area contributed by atoms with E-state index in [0.717, 1.165) is 19.3 Å². The summed E-state index contributed by atoms with van der Waals surface area (Å²) >= 11 is 10.4. The van der Waals surface area contributed by atoms with E-state index in [4.69, 9.17) is 32.3 Å². The molecule has 0 aromatic carbocycles. The van der Waals surface area contributed by atoms with Crippen LogP contribution in [0.15, 0.2) is 0 Å². The van der Waals surface area contributed by atoms with Gasteiger partial charge in [0.1, 0.15) is 0 Å². The van der Waals surface area contributed by atoms with Crippen molar-refractivity contribution >= 4 is 28.5 Å². The van der Waals surface area contributed by atoms with Crippen molar-refractivity contribution in [3.63, 3.8) is 0 Å². The van der Waals surface area contributed by atoms with E-state index >= 15 is 0 Å². The second-order valence-corrected chi connectivity index (χ2v) is 11.4. The maximum absolute atomic E-state index is 9.05. The first-order valence-electron chi connectivity index (χ1n) is 7.92. The van der Waals surface area contributed by atoms with Crippen LogP contribution < -0.4 is 0 Å². The van der Waals surface area contributed by atoms with Gasteiger partial charge in [-0.2, -0.15) is 0 Å². The third-order valence-corrected chi connectivity index (χ3v) is 4.50. The van der Waals surface area contributed by atoms with Crippen molar-refractivity contribution in [3.8, 4) is 0 Å². The second-order valence-electron chi connectivity index (χ2n) is 5.48. The summed E-state index contributed by atoms with van der Waals surface area (Å²) in [6.45, 7) is 2.45. The molecule has 0 bridgehead atoms. The van der Waals surface area contributed by atoms with Crippen LogP contribution in [0.25, 0.3) is 0 Å². The second kappa shape index (κ2) is 11.5. The number of hydrogen-bond donors (Lipinski definition) is 2. The van der Waals surface area contributed by atoms with Crippen LogP contribution in [0, 0.1) is 0 Å². The number of halogens is 2. The SMILES string of the molecule is CCCCCCCCCCCCCCOP(O)(O)(Cl)Cl. The molecule has 0 fully saturated rings. The van der Waals surface area contributed by atoms with Gasteiger partial charge in [0.2, 0.25) is 0 Å². The predicted octanol–water partition coefficient (Wildman–Crippen LogP) is 6.29. The first-order chi connectivity index (χ1) is 9.31. The zero-order chi connectivity index (χ0) is 15.3. The van der Waals surface area contributed by atoms with E-state index in [9.17, 15) is 0 Å². The van der Waals surface area contributed by atoms with E-state index < -0.39 is 5.99 Å². The molecule has 0 aromatic heterocycles. The first-order valence-corrected chi connectivity index (χ1v) is 11.8. The Kier molecular flexibility index (Phi) is 12.0. The van der Waals surface area contributed by atoms with Gasteiger partial charge in [-0.1, -0.05) is 19.8 Å². The molecule has 6 heteroatoms. The summed E-state index contributed by atoms with van der Waals surface area (Å²) < 4.78 is 4.68. The molecule has 0 atom stereocenters. The molecule has 0 aliphatic carbocycles. The third-order valence-electron chi connectivity index (χ3n) is 3.30. The predicted molar refractivity (Wildman–Crippen MR) is 90.1 cm³/mol. The zero-order valence-electron chi connectivity index (χ0n) is 12.7. The Morgan fingerprint density at radius 1 is 0.700 bits per heavy atom. The Bertz CT molecular complexity index is 223. The fraction of sp³-hybridized carbons (Fsp3) is 1.00. The Morgan fingerprint density at radius 3 is 1.40 bits per heavy atom. The molecule has 0 radical (unpaired) electrons. The molecule has 0 saturated carbocycles. The summed E-state index contributed by atoms with van der Waals surface area (Å²) in [7, 11) is 0. The van der Waals surface area contributed by atoms with E-state index in [1.807, 2.05) is 0 Å². The van der Waals surface area contributed by atoms with Crippen molar-refractivity contribution in [1.29, 1.82) is 0 Å². The third kappa shape index (κ3) is 18.9. The van der Waals surface area contributed by atoms with Crippen molar-refractivity contribution in [2.45, 2.75) is 84.0 Å². The minimum atomic E-state index is -4.77. The van der Waals surface area contributed by atoms with Gasteiger partial charge in [0.15, 0.2) is 0 Å². The summed E-state index contributed by atoms with van der Waals surface area (Å²) in [5, 5.41) is 0. The van der Waals surface area contributed by atoms with Crippen molar-refractivity contribution < 1.29 is 14.3 Å². The summed E-state index contributed by atoms with van der Waals surface area (Å²) in [6, 6.07) is 0. The summed E-state index contributed by atoms with van der Waals surface area (Å²) in [6.07, 6.45) is 15.0. The Morgan fingerprint density at radius 2 is 1.05 bits per heavy atom. The van der Waals surface area contributed by atoms with E-state index in [-0.39, 0.29) is 6.61 Å². The molecule has 0 amide bonds. The van der Waals surface area contributed by atoms with Gasteiger partial charge in [0.05, 0.1) is 0 Å². The number of unbranched alkanes of at least 4 members (excludes halogenated alkanes) is 11. The Hall–Kier alpha value is 0.890. The molecular formula is C14H31Cl2O3P. The zero-order valence-corrected chi connectivity index (χ0v) is 15.1. The summed E-state index contributed by atoms with van der Waals surface area (Å²) in [4.78, 5) is 18.1. The van der Waals surface area contributed by atoms with Crippen LogP contribution in [0.3, 0.4) is 0 Å². The number of hydrogen-bond acceptors (Lipinski definition) is 3. The Balaban J connectivity index is 3.11. The van der Waals surface area contributed by atoms with Gasteiger partial charge in [0, 0.05) is 0 Å². The minimum absolute atomic E-state index is 0.204. The molecule has 0 unspecified atom stereocenters. The van der Waals surface area contributed by atoms with Crippen LogP contribution in [-0.2, 0) is 4.52 Å². The van der Waals surface area contributed by atoms with Crippen LogP contribution in [0.4, 0.5) is 0 Å². The average molecular weight is 349 g/mol. The quantitative estimate of drug-likeness (QED) is 0.286.